The number of hydrogen-bond acceptors (Lipinski definition) is 5. The van der Waals surface area contributed by atoms with Crippen molar-refractivity contribution in [2.24, 2.45) is 5.92 Å². The molecule has 1 aliphatic heterocycles. The van der Waals surface area contributed by atoms with Crippen molar-refractivity contribution in [3.05, 3.63) is 30.3 Å². The maximum absolute atomic E-state index is 12.5. The van der Waals surface area contributed by atoms with E-state index >= 15 is 0 Å². The van der Waals surface area contributed by atoms with Crippen LogP contribution in [0.15, 0.2) is 35.2 Å². The van der Waals surface area contributed by atoms with Gasteiger partial charge in [0.2, 0.25) is 10.0 Å². The third kappa shape index (κ3) is 4.67. The highest BCUT2D eigenvalue weighted by molar-refractivity contribution is 7.90. The highest BCUT2D eigenvalue weighted by Crippen LogP contribution is 2.44. The topological polar surface area (TPSA) is 84.9 Å². The molecule has 1 aromatic rings. The molecule has 0 bridgehead atoms. The molecule has 1 heterocycles. The number of nitrogens with one attached hydrogen (secondary N) is 1. The normalized spacial score (nSPS) is 24.7. The first-order valence-corrected chi connectivity index (χ1v) is 10.4. The molecule has 0 aliphatic carbocycles. The highest BCUT2D eigenvalue weighted by Gasteiger charge is 2.58. The SMILES string of the molecule is CC(CCC(C)(C)O)C1(C)OB(NS(=O)(=O)c2ccccc2)OC1(C)C. The summed E-state index contributed by atoms with van der Waals surface area (Å²) in [6, 6.07) is 8.13. The predicted octanol–water partition coefficient (Wildman–Crippen LogP) is 2.72. The van der Waals surface area contributed by atoms with Crippen LogP contribution in [0.5, 0.6) is 0 Å². The monoisotopic (exact) mass is 383 g/mol. The summed E-state index contributed by atoms with van der Waals surface area (Å²) in [5.41, 5.74) is -2.17. The smallest absolute Gasteiger partial charge is 0.390 e. The average molecular weight is 383 g/mol. The highest BCUT2D eigenvalue weighted by atomic mass is 32.2. The van der Waals surface area contributed by atoms with Gasteiger partial charge in [0.15, 0.2) is 0 Å². The Labute approximate surface area is 157 Å². The van der Waals surface area contributed by atoms with Crippen LogP contribution in [0.1, 0.15) is 54.4 Å². The Hall–Kier alpha value is -0.925. The van der Waals surface area contributed by atoms with Gasteiger partial charge in [0, 0.05) is 0 Å². The Bertz CT molecular complexity index is 717. The van der Waals surface area contributed by atoms with Crippen LogP contribution < -0.4 is 4.63 Å². The molecule has 1 fully saturated rings. The lowest BCUT2D eigenvalue weighted by Gasteiger charge is -2.41. The third-order valence-electron chi connectivity index (χ3n) is 5.38. The second-order valence-electron chi connectivity index (χ2n) is 8.37. The molecule has 2 atom stereocenters. The number of aliphatic hydroxyl groups is 1. The minimum atomic E-state index is -3.75. The van der Waals surface area contributed by atoms with Crippen LogP contribution in [0, 0.1) is 5.92 Å². The number of rotatable bonds is 7. The van der Waals surface area contributed by atoms with E-state index in [2.05, 4.69) is 4.63 Å². The first-order valence-electron chi connectivity index (χ1n) is 8.92. The van der Waals surface area contributed by atoms with Gasteiger partial charge >= 0.3 is 7.25 Å². The minimum Gasteiger partial charge on any atom is -0.390 e. The predicted molar refractivity (Wildman–Crippen MR) is 102 cm³/mol. The molecule has 8 heteroatoms. The van der Waals surface area contributed by atoms with E-state index in [1.807, 2.05) is 27.7 Å². The van der Waals surface area contributed by atoms with Crippen molar-refractivity contribution in [3.8, 4) is 0 Å². The zero-order chi connectivity index (χ0) is 19.8. The summed E-state index contributed by atoms with van der Waals surface area (Å²) >= 11 is 0. The van der Waals surface area contributed by atoms with Crippen LogP contribution >= 0.6 is 0 Å². The molecule has 2 rings (SSSR count). The summed E-state index contributed by atoms with van der Waals surface area (Å²) in [6.45, 7) is 11.3. The molecule has 146 valence electrons. The summed E-state index contributed by atoms with van der Waals surface area (Å²) in [5, 5.41) is 9.99. The molecule has 6 nitrogen and oxygen atoms in total. The van der Waals surface area contributed by atoms with Gasteiger partial charge in [-0.3, -0.25) is 0 Å². The van der Waals surface area contributed by atoms with E-state index in [0.717, 1.165) is 6.42 Å². The van der Waals surface area contributed by atoms with Crippen LogP contribution in [0.2, 0.25) is 0 Å². The number of sulfonamides is 1. The van der Waals surface area contributed by atoms with E-state index in [1.54, 1.807) is 32.0 Å². The number of hydrogen-bond donors (Lipinski definition) is 2. The van der Waals surface area contributed by atoms with E-state index < -0.39 is 34.1 Å². The molecule has 1 aliphatic rings. The Balaban J connectivity index is 2.13. The quantitative estimate of drug-likeness (QED) is 0.708. The molecule has 0 saturated carbocycles. The first-order chi connectivity index (χ1) is 11.8. The fourth-order valence-electron chi connectivity index (χ4n) is 3.17. The van der Waals surface area contributed by atoms with Crippen LogP contribution in [0.25, 0.3) is 0 Å². The van der Waals surface area contributed by atoms with E-state index in [0.29, 0.717) is 6.42 Å². The van der Waals surface area contributed by atoms with Gasteiger partial charge < -0.3 is 14.4 Å². The molecular formula is C18H30BNO5S. The molecule has 0 amide bonds. The summed E-state index contributed by atoms with van der Waals surface area (Å²) < 4.78 is 39.5. The standard InChI is InChI=1S/C18H30BNO5S/c1-14(12-13-16(2,3)21)18(6)17(4,5)24-19(25-18)20-26(22,23)15-10-8-7-9-11-15/h7-11,14,20-21H,12-13H2,1-6H3. The summed E-state index contributed by atoms with van der Waals surface area (Å²) in [6.07, 6.45) is 1.34. The Morgan fingerprint density at radius 1 is 1.19 bits per heavy atom. The Morgan fingerprint density at radius 2 is 1.77 bits per heavy atom. The number of benzene rings is 1. The zero-order valence-electron chi connectivity index (χ0n) is 16.4. The fourth-order valence-corrected chi connectivity index (χ4v) is 4.17. The van der Waals surface area contributed by atoms with Crippen LogP contribution in [0.3, 0.4) is 0 Å². The van der Waals surface area contributed by atoms with Crippen molar-refractivity contribution in [3.63, 3.8) is 0 Å². The molecule has 0 spiro atoms. The van der Waals surface area contributed by atoms with E-state index in [1.165, 1.54) is 12.1 Å². The zero-order valence-corrected chi connectivity index (χ0v) is 17.3. The minimum absolute atomic E-state index is 0.0511. The molecule has 1 aromatic carbocycles. The average Bonchev–Trinajstić information content (AvgIpc) is 2.74. The summed E-state index contributed by atoms with van der Waals surface area (Å²) in [4.78, 5) is 0.161. The summed E-state index contributed by atoms with van der Waals surface area (Å²) in [7, 11) is -4.81. The molecule has 2 N–H and O–H groups in total. The lowest BCUT2D eigenvalue weighted by Crippen LogP contribution is -2.50. The van der Waals surface area contributed by atoms with Crippen molar-refractivity contribution in [1.82, 2.24) is 4.63 Å². The van der Waals surface area contributed by atoms with Crippen molar-refractivity contribution in [2.45, 2.75) is 76.1 Å². The second kappa shape index (κ2) is 7.24. The third-order valence-corrected chi connectivity index (χ3v) is 6.78. The lowest BCUT2D eigenvalue weighted by atomic mass is 9.75. The summed E-state index contributed by atoms with van der Waals surface area (Å²) in [5.74, 6) is 0.0511. The molecule has 1 saturated heterocycles. The van der Waals surface area contributed by atoms with E-state index in [9.17, 15) is 13.5 Å². The largest absolute Gasteiger partial charge is 0.570 e. The van der Waals surface area contributed by atoms with Gasteiger partial charge in [-0.1, -0.05) is 25.1 Å². The molecule has 2 unspecified atom stereocenters. The van der Waals surface area contributed by atoms with Gasteiger partial charge in [0.1, 0.15) is 0 Å². The van der Waals surface area contributed by atoms with Crippen LogP contribution in [-0.2, 0) is 19.3 Å². The van der Waals surface area contributed by atoms with E-state index in [-0.39, 0.29) is 10.8 Å². The van der Waals surface area contributed by atoms with Crippen LogP contribution in [0.4, 0.5) is 0 Å². The first kappa shape index (κ1) is 21.4. The van der Waals surface area contributed by atoms with Gasteiger partial charge in [-0.15, -0.1) is 0 Å². The molecule has 26 heavy (non-hydrogen) atoms. The van der Waals surface area contributed by atoms with E-state index in [4.69, 9.17) is 9.31 Å². The molecule has 0 aromatic heterocycles. The maximum Gasteiger partial charge on any atom is 0.570 e. The Morgan fingerprint density at radius 3 is 2.31 bits per heavy atom. The van der Waals surface area contributed by atoms with Gasteiger partial charge in [-0.2, -0.15) is 4.63 Å². The van der Waals surface area contributed by atoms with Crippen LogP contribution in [-0.4, -0.2) is 37.6 Å². The van der Waals surface area contributed by atoms with Gasteiger partial charge in [-0.25, -0.2) is 8.42 Å². The van der Waals surface area contributed by atoms with Crippen molar-refractivity contribution < 1.29 is 22.8 Å². The van der Waals surface area contributed by atoms with Crippen molar-refractivity contribution >= 4 is 17.3 Å². The Kier molecular flexibility index (Phi) is 5.95. The molecule has 0 radical (unpaired) electrons. The van der Waals surface area contributed by atoms with Crippen molar-refractivity contribution in [1.29, 1.82) is 0 Å². The maximum atomic E-state index is 12.5. The lowest BCUT2D eigenvalue weighted by molar-refractivity contribution is -0.0575. The van der Waals surface area contributed by atoms with Crippen molar-refractivity contribution in [2.75, 3.05) is 0 Å². The fraction of sp³-hybridized carbons (Fsp3) is 0.667. The van der Waals surface area contributed by atoms with Gasteiger partial charge in [-0.05, 0) is 65.5 Å². The van der Waals surface area contributed by atoms with Gasteiger partial charge in [0.05, 0.1) is 21.7 Å². The van der Waals surface area contributed by atoms with Gasteiger partial charge in [0.25, 0.3) is 0 Å². The second-order valence-corrected chi connectivity index (χ2v) is 10.1. The molecular weight excluding hydrogens is 353 g/mol.